The van der Waals surface area contributed by atoms with E-state index in [1.807, 2.05) is 6.92 Å². The van der Waals surface area contributed by atoms with Crippen molar-refractivity contribution in [2.24, 2.45) is 0 Å². The molecule has 0 aromatic carbocycles. The van der Waals surface area contributed by atoms with Crippen LogP contribution in [-0.2, 0) is 14.3 Å². The van der Waals surface area contributed by atoms with Crippen molar-refractivity contribution in [3.63, 3.8) is 0 Å². The average Bonchev–Trinajstić information content (AvgIpc) is 1.89. The summed E-state index contributed by atoms with van der Waals surface area (Å²) in [5, 5.41) is 0. The van der Waals surface area contributed by atoms with Gasteiger partial charge in [0.05, 0.1) is 20.1 Å². The zero-order valence-corrected chi connectivity index (χ0v) is 5.72. The second kappa shape index (κ2) is 5.56. The molecule has 0 bridgehead atoms. The Labute approximate surface area is 55.0 Å². The Balaban J connectivity index is 2.97. The predicted molar refractivity (Wildman–Crippen MR) is 32.6 cm³/mol. The van der Waals surface area contributed by atoms with E-state index in [-0.39, 0.29) is 12.4 Å². The molecule has 0 spiro atoms. The molecule has 0 aromatic rings. The Hall–Kier alpha value is -0.570. The topological polar surface area (TPSA) is 35.5 Å². The third-order valence-electron chi connectivity index (χ3n) is 0.762. The van der Waals surface area contributed by atoms with Crippen molar-refractivity contribution in [1.82, 2.24) is 0 Å². The first-order valence-electron chi connectivity index (χ1n) is 2.81. The Morgan fingerprint density at radius 2 is 2.33 bits per heavy atom. The minimum absolute atomic E-state index is 0.227. The highest BCUT2D eigenvalue weighted by molar-refractivity contribution is 5.70. The number of hydrogen-bond donors (Lipinski definition) is 0. The fourth-order valence-electron chi connectivity index (χ4n) is 0.328. The molecular formula is C6H11O3. The highest BCUT2D eigenvalue weighted by Crippen LogP contribution is 1.90. The SMILES string of the molecule is CCO[CH]CC(=O)OC. The molecule has 0 fully saturated rings. The van der Waals surface area contributed by atoms with Crippen LogP contribution in [0.2, 0.25) is 0 Å². The lowest BCUT2D eigenvalue weighted by Crippen LogP contribution is -2.01. The number of rotatable bonds is 4. The lowest BCUT2D eigenvalue weighted by atomic mass is 10.5. The minimum atomic E-state index is -0.275. The first kappa shape index (κ1) is 8.43. The molecule has 0 aliphatic rings. The molecule has 0 N–H and O–H groups in total. The molecule has 0 atom stereocenters. The second-order valence-electron chi connectivity index (χ2n) is 1.40. The van der Waals surface area contributed by atoms with Crippen LogP contribution >= 0.6 is 0 Å². The minimum Gasteiger partial charge on any atom is -0.469 e. The molecule has 0 aromatic heterocycles. The van der Waals surface area contributed by atoms with Crippen molar-refractivity contribution >= 4 is 5.97 Å². The first-order valence-corrected chi connectivity index (χ1v) is 2.81. The van der Waals surface area contributed by atoms with Crippen LogP contribution in [0.1, 0.15) is 13.3 Å². The maximum absolute atomic E-state index is 10.4. The van der Waals surface area contributed by atoms with E-state index < -0.39 is 0 Å². The van der Waals surface area contributed by atoms with Crippen molar-refractivity contribution in [2.45, 2.75) is 13.3 Å². The van der Waals surface area contributed by atoms with Crippen LogP contribution in [0.15, 0.2) is 0 Å². The Morgan fingerprint density at radius 1 is 1.67 bits per heavy atom. The zero-order chi connectivity index (χ0) is 7.11. The van der Waals surface area contributed by atoms with Gasteiger partial charge in [0.2, 0.25) is 0 Å². The Morgan fingerprint density at radius 3 is 2.78 bits per heavy atom. The van der Waals surface area contributed by atoms with E-state index in [0.717, 1.165) is 0 Å². The van der Waals surface area contributed by atoms with Gasteiger partial charge < -0.3 is 9.47 Å². The average molecular weight is 131 g/mol. The predicted octanol–water partition coefficient (Wildman–Crippen LogP) is 0.748. The van der Waals surface area contributed by atoms with E-state index in [9.17, 15) is 4.79 Å². The molecular weight excluding hydrogens is 120 g/mol. The molecule has 0 aliphatic carbocycles. The Bertz CT molecular complexity index is 80.4. The molecule has 0 saturated carbocycles. The van der Waals surface area contributed by atoms with Crippen molar-refractivity contribution in [3.05, 3.63) is 6.61 Å². The van der Waals surface area contributed by atoms with Gasteiger partial charge in [-0.1, -0.05) is 0 Å². The van der Waals surface area contributed by atoms with E-state index in [2.05, 4.69) is 4.74 Å². The number of ether oxygens (including phenoxy) is 2. The van der Waals surface area contributed by atoms with Gasteiger partial charge in [-0.15, -0.1) is 0 Å². The summed E-state index contributed by atoms with van der Waals surface area (Å²) < 4.78 is 9.13. The first-order chi connectivity index (χ1) is 4.31. The van der Waals surface area contributed by atoms with Crippen molar-refractivity contribution in [2.75, 3.05) is 13.7 Å². The lowest BCUT2D eigenvalue weighted by molar-refractivity contribution is -0.140. The van der Waals surface area contributed by atoms with Gasteiger partial charge in [0.15, 0.2) is 0 Å². The van der Waals surface area contributed by atoms with Crippen molar-refractivity contribution in [3.8, 4) is 0 Å². The molecule has 9 heavy (non-hydrogen) atoms. The van der Waals surface area contributed by atoms with Crippen LogP contribution in [-0.4, -0.2) is 19.7 Å². The van der Waals surface area contributed by atoms with Gasteiger partial charge in [0.1, 0.15) is 0 Å². The molecule has 0 heterocycles. The molecule has 0 aliphatic heterocycles. The fourth-order valence-corrected chi connectivity index (χ4v) is 0.328. The number of esters is 1. The van der Waals surface area contributed by atoms with Crippen LogP contribution in [0.3, 0.4) is 0 Å². The zero-order valence-electron chi connectivity index (χ0n) is 5.72. The third kappa shape index (κ3) is 5.30. The molecule has 0 rings (SSSR count). The van der Waals surface area contributed by atoms with Crippen LogP contribution in [0.4, 0.5) is 0 Å². The van der Waals surface area contributed by atoms with Crippen molar-refractivity contribution in [1.29, 1.82) is 0 Å². The molecule has 53 valence electrons. The summed E-state index contributed by atoms with van der Waals surface area (Å²) in [6.07, 6.45) is 0.227. The van der Waals surface area contributed by atoms with Crippen LogP contribution in [0.5, 0.6) is 0 Å². The number of carbonyl (C=O) groups is 1. The van der Waals surface area contributed by atoms with E-state index in [1.165, 1.54) is 13.7 Å². The van der Waals surface area contributed by atoms with Crippen molar-refractivity contribution < 1.29 is 14.3 Å². The third-order valence-corrected chi connectivity index (χ3v) is 0.762. The van der Waals surface area contributed by atoms with E-state index in [1.54, 1.807) is 0 Å². The highest BCUT2D eigenvalue weighted by atomic mass is 16.5. The van der Waals surface area contributed by atoms with Gasteiger partial charge in [-0.25, -0.2) is 0 Å². The van der Waals surface area contributed by atoms with Gasteiger partial charge in [0.25, 0.3) is 0 Å². The monoisotopic (exact) mass is 131 g/mol. The summed E-state index contributed by atoms with van der Waals surface area (Å²) in [7, 11) is 1.35. The number of methoxy groups -OCH3 is 1. The summed E-state index contributed by atoms with van der Waals surface area (Å²) in [6, 6.07) is 0. The van der Waals surface area contributed by atoms with Gasteiger partial charge in [-0.05, 0) is 6.92 Å². The molecule has 0 saturated heterocycles. The quantitative estimate of drug-likeness (QED) is 0.417. The number of hydrogen-bond acceptors (Lipinski definition) is 3. The molecule has 3 nitrogen and oxygen atoms in total. The molecule has 0 unspecified atom stereocenters. The standard InChI is InChI=1S/C6H11O3/c1-3-9-5-4-6(7)8-2/h5H,3-4H2,1-2H3. The number of carbonyl (C=O) groups excluding carboxylic acids is 1. The van der Waals surface area contributed by atoms with Crippen LogP contribution in [0.25, 0.3) is 0 Å². The lowest BCUT2D eigenvalue weighted by Gasteiger charge is -1.96. The van der Waals surface area contributed by atoms with Crippen LogP contribution < -0.4 is 0 Å². The smallest absolute Gasteiger partial charge is 0.308 e. The van der Waals surface area contributed by atoms with Gasteiger partial charge in [-0.2, -0.15) is 0 Å². The largest absolute Gasteiger partial charge is 0.469 e. The summed E-state index contributed by atoms with van der Waals surface area (Å²) in [5.41, 5.74) is 0. The van der Waals surface area contributed by atoms with Crippen LogP contribution in [0, 0.1) is 6.61 Å². The summed E-state index contributed by atoms with van der Waals surface area (Å²) in [5.74, 6) is -0.275. The summed E-state index contributed by atoms with van der Waals surface area (Å²) >= 11 is 0. The summed E-state index contributed by atoms with van der Waals surface area (Å²) in [6.45, 7) is 3.89. The van der Waals surface area contributed by atoms with E-state index in [4.69, 9.17) is 4.74 Å². The second-order valence-corrected chi connectivity index (χ2v) is 1.40. The Kier molecular flexibility index (Phi) is 5.21. The normalized spacial score (nSPS) is 9.11. The molecule has 1 radical (unpaired) electrons. The maximum Gasteiger partial charge on any atom is 0.308 e. The maximum atomic E-state index is 10.4. The van der Waals surface area contributed by atoms with Gasteiger partial charge in [0, 0.05) is 6.61 Å². The molecule has 0 amide bonds. The fraction of sp³-hybridized carbons (Fsp3) is 0.667. The van der Waals surface area contributed by atoms with Gasteiger partial charge >= 0.3 is 5.97 Å². The summed E-state index contributed by atoms with van der Waals surface area (Å²) in [4.78, 5) is 10.4. The van der Waals surface area contributed by atoms with Gasteiger partial charge in [-0.3, -0.25) is 4.79 Å². The van der Waals surface area contributed by atoms with E-state index >= 15 is 0 Å². The molecule has 3 heteroatoms. The van der Waals surface area contributed by atoms with E-state index in [0.29, 0.717) is 6.61 Å². The highest BCUT2D eigenvalue weighted by Gasteiger charge is 1.97.